The topological polar surface area (TPSA) is 29.0 Å². The summed E-state index contributed by atoms with van der Waals surface area (Å²) >= 11 is 0. The Bertz CT molecular complexity index is 287. The minimum absolute atomic E-state index is 0.880. The summed E-state index contributed by atoms with van der Waals surface area (Å²) in [6.45, 7) is 12.5. The number of nitrogens with zero attached hydrogens (tertiary/aromatic N) is 3. The Labute approximate surface area is 106 Å². The Morgan fingerprint density at radius 2 is 1.82 bits per heavy atom. The van der Waals surface area contributed by atoms with Crippen molar-refractivity contribution >= 4 is 5.95 Å². The predicted molar refractivity (Wildman–Crippen MR) is 75.5 cm³/mol. The summed E-state index contributed by atoms with van der Waals surface area (Å²) in [5.74, 6) is 0.880. The average molecular weight is 237 g/mol. The Hall–Kier alpha value is -1.12. The van der Waals surface area contributed by atoms with Crippen LogP contribution >= 0.6 is 0 Å². The summed E-state index contributed by atoms with van der Waals surface area (Å²) in [6, 6.07) is 1.94. The highest BCUT2D eigenvalue weighted by atomic mass is 15.2. The second-order valence-corrected chi connectivity index (χ2v) is 3.84. The van der Waals surface area contributed by atoms with Crippen molar-refractivity contribution in [2.75, 3.05) is 18.0 Å². The molecule has 0 saturated carbocycles. The third-order valence-electron chi connectivity index (χ3n) is 2.34. The summed E-state index contributed by atoms with van der Waals surface area (Å²) < 4.78 is 0. The van der Waals surface area contributed by atoms with E-state index in [9.17, 15) is 0 Å². The lowest BCUT2D eigenvalue weighted by molar-refractivity contribution is 0.685. The summed E-state index contributed by atoms with van der Waals surface area (Å²) in [5.41, 5.74) is 1.04. The third kappa shape index (κ3) is 6.25. The average Bonchev–Trinajstić information content (AvgIpc) is 2.37. The molecule has 0 aliphatic carbocycles. The van der Waals surface area contributed by atoms with E-state index in [4.69, 9.17) is 0 Å². The van der Waals surface area contributed by atoms with Crippen LogP contribution in [0.2, 0.25) is 0 Å². The van der Waals surface area contributed by atoms with Crippen molar-refractivity contribution in [1.29, 1.82) is 0 Å². The van der Waals surface area contributed by atoms with Crippen molar-refractivity contribution in [2.45, 2.75) is 53.9 Å². The van der Waals surface area contributed by atoms with E-state index in [0.29, 0.717) is 0 Å². The van der Waals surface area contributed by atoms with Crippen LogP contribution in [0.1, 0.15) is 52.7 Å². The van der Waals surface area contributed by atoms with Crippen LogP contribution in [0, 0.1) is 6.92 Å². The SMILES string of the molecule is CC.CCCCN(CCC)c1nccc(C)n1. The highest BCUT2D eigenvalue weighted by Gasteiger charge is 2.07. The van der Waals surface area contributed by atoms with Gasteiger partial charge in [0.05, 0.1) is 0 Å². The molecule has 0 N–H and O–H groups in total. The zero-order valence-corrected chi connectivity index (χ0v) is 12.0. The number of unbranched alkanes of at least 4 members (excludes halogenated alkanes) is 1. The van der Waals surface area contributed by atoms with Gasteiger partial charge >= 0.3 is 0 Å². The second kappa shape index (κ2) is 10.1. The van der Waals surface area contributed by atoms with Crippen molar-refractivity contribution in [3.05, 3.63) is 18.0 Å². The van der Waals surface area contributed by atoms with Gasteiger partial charge in [0.1, 0.15) is 0 Å². The van der Waals surface area contributed by atoms with Crippen molar-refractivity contribution in [2.24, 2.45) is 0 Å². The number of anilines is 1. The Balaban J connectivity index is 0.00000121. The van der Waals surface area contributed by atoms with Crippen LogP contribution < -0.4 is 4.90 Å². The lowest BCUT2D eigenvalue weighted by atomic mass is 10.3. The summed E-state index contributed by atoms with van der Waals surface area (Å²) in [4.78, 5) is 11.1. The van der Waals surface area contributed by atoms with Gasteiger partial charge in [-0.15, -0.1) is 0 Å². The standard InChI is InChI=1S/C12H21N3.C2H6/c1-4-6-10-15(9-5-2)12-13-8-7-11(3)14-12;1-2/h7-8H,4-6,9-10H2,1-3H3;1-2H3. The molecule has 0 saturated heterocycles. The van der Waals surface area contributed by atoms with Gasteiger partial charge in [-0.05, 0) is 25.8 Å². The van der Waals surface area contributed by atoms with Gasteiger partial charge in [0.25, 0.3) is 0 Å². The minimum Gasteiger partial charge on any atom is -0.341 e. The van der Waals surface area contributed by atoms with Crippen LogP contribution in [0.15, 0.2) is 12.3 Å². The number of aryl methyl sites for hydroxylation is 1. The number of hydrogen-bond donors (Lipinski definition) is 0. The molecule has 0 aromatic carbocycles. The van der Waals surface area contributed by atoms with Gasteiger partial charge < -0.3 is 4.90 Å². The van der Waals surface area contributed by atoms with E-state index in [-0.39, 0.29) is 0 Å². The second-order valence-electron chi connectivity index (χ2n) is 3.84. The van der Waals surface area contributed by atoms with E-state index < -0.39 is 0 Å². The number of rotatable bonds is 6. The van der Waals surface area contributed by atoms with E-state index in [0.717, 1.165) is 31.2 Å². The van der Waals surface area contributed by atoms with Gasteiger partial charge in [0.15, 0.2) is 0 Å². The fraction of sp³-hybridized carbons (Fsp3) is 0.714. The third-order valence-corrected chi connectivity index (χ3v) is 2.34. The van der Waals surface area contributed by atoms with Crippen LogP contribution in [0.5, 0.6) is 0 Å². The molecular formula is C14H27N3. The highest BCUT2D eigenvalue weighted by molar-refractivity contribution is 5.29. The molecule has 0 bridgehead atoms. The zero-order valence-electron chi connectivity index (χ0n) is 12.0. The molecule has 0 unspecified atom stereocenters. The van der Waals surface area contributed by atoms with Gasteiger partial charge in [-0.2, -0.15) is 0 Å². The summed E-state index contributed by atoms with van der Waals surface area (Å²) in [6.07, 6.45) is 5.40. The molecule has 0 atom stereocenters. The van der Waals surface area contributed by atoms with Crippen LogP contribution in [0.3, 0.4) is 0 Å². The van der Waals surface area contributed by atoms with Crippen LogP contribution in [-0.4, -0.2) is 23.1 Å². The first-order valence-electron chi connectivity index (χ1n) is 6.82. The first kappa shape index (κ1) is 15.9. The quantitative estimate of drug-likeness (QED) is 0.753. The maximum Gasteiger partial charge on any atom is 0.225 e. The van der Waals surface area contributed by atoms with Crippen molar-refractivity contribution < 1.29 is 0 Å². The van der Waals surface area contributed by atoms with Crippen LogP contribution in [0.25, 0.3) is 0 Å². The molecule has 0 aliphatic heterocycles. The molecule has 1 aromatic rings. The lowest BCUT2D eigenvalue weighted by Crippen LogP contribution is -2.27. The van der Waals surface area contributed by atoms with Crippen LogP contribution in [-0.2, 0) is 0 Å². The molecule has 0 spiro atoms. The predicted octanol–water partition coefficient (Wildman–Crippen LogP) is 3.83. The van der Waals surface area contributed by atoms with Gasteiger partial charge in [0, 0.05) is 25.0 Å². The molecule has 0 aliphatic rings. The first-order chi connectivity index (χ1) is 8.27. The number of hydrogen-bond acceptors (Lipinski definition) is 3. The van der Waals surface area contributed by atoms with Crippen molar-refractivity contribution in [3.63, 3.8) is 0 Å². The first-order valence-corrected chi connectivity index (χ1v) is 6.82. The zero-order chi connectivity index (χ0) is 13.1. The summed E-state index contributed by atoms with van der Waals surface area (Å²) in [5, 5.41) is 0. The molecule has 1 rings (SSSR count). The molecule has 98 valence electrons. The Kier molecular flexibility index (Phi) is 9.40. The number of aromatic nitrogens is 2. The van der Waals surface area contributed by atoms with Gasteiger partial charge in [-0.3, -0.25) is 0 Å². The monoisotopic (exact) mass is 237 g/mol. The van der Waals surface area contributed by atoms with E-state index in [1.807, 2.05) is 33.0 Å². The highest BCUT2D eigenvalue weighted by Crippen LogP contribution is 2.09. The van der Waals surface area contributed by atoms with E-state index >= 15 is 0 Å². The van der Waals surface area contributed by atoms with Crippen molar-refractivity contribution in [3.8, 4) is 0 Å². The molecule has 0 radical (unpaired) electrons. The van der Waals surface area contributed by atoms with Gasteiger partial charge in [-0.1, -0.05) is 34.1 Å². The molecule has 1 aromatic heterocycles. The molecule has 1 heterocycles. The molecule has 3 heteroatoms. The molecule has 0 fully saturated rings. The van der Waals surface area contributed by atoms with Crippen molar-refractivity contribution in [1.82, 2.24) is 9.97 Å². The van der Waals surface area contributed by atoms with Crippen LogP contribution in [0.4, 0.5) is 5.95 Å². The normalized spacial score (nSPS) is 9.47. The fourth-order valence-corrected chi connectivity index (χ4v) is 1.52. The van der Waals surface area contributed by atoms with Gasteiger partial charge in [-0.25, -0.2) is 9.97 Å². The molecular weight excluding hydrogens is 210 g/mol. The van der Waals surface area contributed by atoms with E-state index in [1.165, 1.54) is 12.8 Å². The Morgan fingerprint density at radius 1 is 1.12 bits per heavy atom. The minimum atomic E-state index is 0.880. The van der Waals surface area contributed by atoms with E-state index in [2.05, 4.69) is 28.7 Å². The maximum atomic E-state index is 4.46. The largest absolute Gasteiger partial charge is 0.341 e. The lowest BCUT2D eigenvalue weighted by Gasteiger charge is -2.21. The molecule has 3 nitrogen and oxygen atoms in total. The van der Waals surface area contributed by atoms with Gasteiger partial charge in [0.2, 0.25) is 5.95 Å². The van der Waals surface area contributed by atoms with E-state index in [1.54, 1.807) is 0 Å². The smallest absolute Gasteiger partial charge is 0.225 e. The maximum absolute atomic E-state index is 4.46. The molecule has 0 amide bonds. The molecule has 17 heavy (non-hydrogen) atoms. The fourth-order valence-electron chi connectivity index (χ4n) is 1.52. The Morgan fingerprint density at radius 3 is 2.35 bits per heavy atom. The summed E-state index contributed by atoms with van der Waals surface area (Å²) in [7, 11) is 0.